The molecule has 0 amide bonds. The Morgan fingerprint density at radius 3 is 1.22 bits per heavy atom. The number of anilines is 3. The van der Waals surface area contributed by atoms with Gasteiger partial charge < -0.3 is 99.8 Å². The molecule has 7 aromatic heterocycles. The molecule has 0 bridgehead atoms. The van der Waals surface area contributed by atoms with Crippen molar-refractivity contribution >= 4 is 140 Å². The molecule has 1 radical (unpaired) electrons. The van der Waals surface area contributed by atoms with E-state index in [0.29, 0.717) is 154 Å². The molecule has 0 aliphatic heterocycles. The average molecular weight is 1850 g/mol. The second-order valence-electron chi connectivity index (χ2n) is 22.2. The third-order valence-corrected chi connectivity index (χ3v) is 18.8. The van der Waals surface area contributed by atoms with Crippen LogP contribution in [0.1, 0.15) is 67.7 Å². The number of carbonyl (C=O) groups excluding carboxylic acids is 2. The van der Waals surface area contributed by atoms with E-state index in [1.165, 1.54) is 41.6 Å². The number of nitrogen functional groups attached to an aromatic ring is 1. The minimum absolute atomic E-state index is 0. The van der Waals surface area contributed by atoms with Gasteiger partial charge in [-0.05, 0) is 144 Å². The van der Waals surface area contributed by atoms with E-state index >= 15 is 0 Å². The van der Waals surface area contributed by atoms with Crippen molar-refractivity contribution in [1.82, 2.24) is 33.1 Å². The molecule has 0 unspecified atom stereocenters. The number of nitrogens with two attached hydrogens (primary N) is 2. The number of benzene rings is 4. The molecule has 11 aromatic rings. The van der Waals surface area contributed by atoms with Gasteiger partial charge in [0.25, 0.3) is 0 Å². The van der Waals surface area contributed by atoms with Crippen LogP contribution in [-0.2, 0) is 99.2 Å². The van der Waals surface area contributed by atoms with E-state index in [-0.39, 0.29) is 87.0 Å². The number of hydrogen-bond donors (Lipinski definition) is 12. The van der Waals surface area contributed by atoms with Gasteiger partial charge in [-0.25, -0.2) is 19.9 Å². The number of halogens is 7. The van der Waals surface area contributed by atoms with Crippen LogP contribution in [0.3, 0.4) is 0 Å². The molecule has 0 saturated heterocycles. The maximum atomic E-state index is 11.5. The van der Waals surface area contributed by atoms with Crippen LogP contribution in [0, 0.1) is 0 Å². The van der Waals surface area contributed by atoms with Crippen LogP contribution in [-0.4, -0.2) is 146 Å². The zero-order valence-corrected chi connectivity index (χ0v) is 67.4. The van der Waals surface area contributed by atoms with Gasteiger partial charge in [0, 0.05) is 128 Å². The SMILES string of the molecule is COC(=O)CCCNc1cn2cc(-c3cc(Cl)c(OC)cc3CO)nc2cc1CO.COc1cc(CO)c(-c2cn3cc(Br)c(CO)cc3n2)cc1Cl.COc1cc(CO)c(-c2cn3cc(NCCN)c(CO)cc3n2)cc1Cl.COc1cc(CO)c(Cl)cc1C(=O)CBr.Nc1cc(CO)c(Br)cn1.[Cu].[O]=[Cu]. The predicted octanol–water partition coefficient (Wildman–Crippen LogP) is 11.7. The van der Waals surface area contributed by atoms with Crippen molar-refractivity contribution in [3.05, 3.63) is 195 Å². The molecule has 0 fully saturated rings. The Balaban J connectivity index is 0.000000247. The van der Waals surface area contributed by atoms with Crippen LogP contribution in [0.2, 0.25) is 20.1 Å². The Kier molecular flexibility index (Phi) is 38.2. The molecule has 0 spiro atoms. The van der Waals surface area contributed by atoms with Gasteiger partial charge in [0.15, 0.2) is 5.78 Å². The number of ketones is 1. The van der Waals surface area contributed by atoms with Gasteiger partial charge in [-0.15, -0.1) is 0 Å². The van der Waals surface area contributed by atoms with Crippen molar-refractivity contribution in [2.45, 2.75) is 65.7 Å². The molecule has 14 N–H and O–H groups in total. The molecule has 11 rings (SSSR count). The number of pyridine rings is 4. The first-order chi connectivity index (χ1) is 51.0. The van der Waals surface area contributed by atoms with E-state index in [9.17, 15) is 40.2 Å². The number of ether oxygens (including phenoxy) is 5. The Morgan fingerprint density at radius 2 is 0.860 bits per heavy atom. The summed E-state index contributed by atoms with van der Waals surface area (Å²) in [4.78, 5) is 40.3. The number of rotatable bonds is 25. The number of aliphatic hydroxyl groups is 8. The number of esters is 1. The molecule has 582 valence electrons. The Labute approximate surface area is 678 Å². The number of nitrogens with zero attached hydrogens (tertiary/aromatic N) is 7. The van der Waals surface area contributed by atoms with Gasteiger partial charge in [0.2, 0.25) is 0 Å². The second-order valence-corrected chi connectivity index (χ2v) is 26.1. The number of aliphatic hydroxyl groups excluding tert-OH is 8. The van der Waals surface area contributed by atoms with Crippen LogP contribution in [0.5, 0.6) is 23.0 Å². The molecule has 0 aliphatic carbocycles. The quantitative estimate of drug-likeness (QED) is 0.00831. The van der Waals surface area contributed by atoms with Crippen LogP contribution in [0.4, 0.5) is 17.2 Å². The van der Waals surface area contributed by atoms with Gasteiger partial charge in [0.05, 0.1) is 143 Å². The molecule has 27 nitrogen and oxygen atoms in total. The van der Waals surface area contributed by atoms with Crippen LogP contribution >= 0.6 is 94.2 Å². The van der Waals surface area contributed by atoms with Crippen LogP contribution in [0.25, 0.3) is 50.7 Å². The van der Waals surface area contributed by atoms with Crippen LogP contribution < -0.4 is 41.0 Å². The van der Waals surface area contributed by atoms with E-state index < -0.39 is 0 Å². The van der Waals surface area contributed by atoms with Gasteiger partial charge in [-0.3, -0.25) is 9.59 Å². The Morgan fingerprint density at radius 1 is 0.486 bits per heavy atom. The third-order valence-electron chi connectivity index (χ3n) is 15.6. The molecule has 0 aliphatic rings. The monoisotopic (exact) mass is 1840 g/mol. The standard InChI is InChI=1S/C21H24ClN3O5.C18H21ClN4O3.C16H14BrClN2O3.C10H10BrClO3.C6H7BrN2O.2Cu.O/c1-29-19-6-13(11-26)15(8-16(19)22)18-10-25-9-17(14(12-27)7-20(25)24-18)23-5-3-4-21(28)30-2;1-26-17-4-11(9-24)13(6-14(17)19)16-8-23-7-15(21-3-2-20)12(10-25)5-18(23)22-16;1-23-15-2-9(7-21)11(4-13(15)18)14-6-20-5-12(17)10(8-22)3-16(20)19-14;1-15-10-2-6(5-13)8(12)3-7(10)9(14)4-11;7-5-2-9-6(8)1-4(5)3-10;;;/h6-10,23,26-27H,3-5,11-12H2,1-2H3;4-8,21,24-25H,2-3,9-10,20H2,1H3;2-6,21-22H,7-8H2,1H3;2-3,13H,4-5H2,1H3;1-2,10H,3H2,(H2,8,9);;;. The van der Waals surface area contributed by atoms with Crippen molar-refractivity contribution in [2.75, 3.05) is 76.9 Å². The molecule has 107 heavy (non-hydrogen) atoms. The average Bonchev–Trinajstić information content (AvgIpc) is 1.65. The van der Waals surface area contributed by atoms with Crippen molar-refractivity contribution in [2.24, 2.45) is 5.73 Å². The topological polar surface area (TPSA) is 400 Å². The maximum absolute atomic E-state index is 11.5. The summed E-state index contributed by atoms with van der Waals surface area (Å²) in [7, 11) is 7.40. The molecule has 0 atom stereocenters. The summed E-state index contributed by atoms with van der Waals surface area (Å²) >= 11 is 37.2. The van der Waals surface area contributed by atoms with Crippen molar-refractivity contribution < 1.29 is 111 Å². The van der Waals surface area contributed by atoms with Gasteiger partial charge in [-0.2, -0.15) is 0 Å². The fourth-order valence-electron chi connectivity index (χ4n) is 10.2. The summed E-state index contributed by atoms with van der Waals surface area (Å²) in [5.41, 5.74) is 24.5. The Bertz CT molecular complexity index is 4820. The summed E-state index contributed by atoms with van der Waals surface area (Å²) < 4.78 is 40.2. The number of aromatic nitrogens is 7. The summed E-state index contributed by atoms with van der Waals surface area (Å²) in [6.45, 7) is 0.593. The predicted molar refractivity (Wildman–Crippen MR) is 412 cm³/mol. The molecule has 0 saturated carbocycles. The van der Waals surface area contributed by atoms with Gasteiger partial charge in [-0.1, -0.05) is 62.3 Å². The van der Waals surface area contributed by atoms with E-state index in [2.05, 4.69) is 99.0 Å². The van der Waals surface area contributed by atoms with Gasteiger partial charge >= 0.3 is 25.7 Å². The molecule has 7 heterocycles. The fraction of sp³-hybridized carbons (Fsp3) is 0.268. The van der Waals surface area contributed by atoms with Crippen molar-refractivity contribution in [3.8, 4) is 56.8 Å². The first-order valence-corrected chi connectivity index (χ1v) is 36.1. The first kappa shape index (κ1) is 90.5. The number of alkyl halides is 1. The summed E-state index contributed by atoms with van der Waals surface area (Å²) in [5.74, 6) is 1.96. The number of Topliss-reactive ketones (excluding diaryl/α,β-unsaturated/α-hetero) is 1. The number of hydrogen-bond acceptors (Lipinski definition) is 24. The third kappa shape index (κ3) is 24.0. The normalized spacial score (nSPS) is 10.6. The van der Waals surface area contributed by atoms with E-state index in [1.54, 1.807) is 66.9 Å². The van der Waals surface area contributed by atoms with E-state index in [1.807, 2.05) is 56.4 Å². The molecule has 4 aromatic carbocycles. The first-order valence-electron chi connectivity index (χ1n) is 31.5. The number of nitrogens with one attached hydrogen (secondary N) is 2. The zero-order chi connectivity index (χ0) is 77.9. The second kappa shape index (κ2) is 45.2. The minimum atomic E-state index is -0.258. The summed E-state index contributed by atoms with van der Waals surface area (Å²) in [6.07, 6.45) is 13.5. The fourth-order valence-corrected chi connectivity index (χ4v) is 12.3. The number of carbonyl (C=O) groups is 2. The van der Waals surface area contributed by atoms with Gasteiger partial charge in [0.1, 0.15) is 45.8 Å². The van der Waals surface area contributed by atoms with E-state index in [0.717, 1.165) is 48.1 Å². The zero-order valence-electron chi connectivity index (χ0n) is 57.7. The van der Waals surface area contributed by atoms with Crippen molar-refractivity contribution in [1.29, 1.82) is 0 Å². The molecular formula is C71H76Br3Cl4Cu2N11O16. The van der Waals surface area contributed by atoms with Crippen molar-refractivity contribution in [3.63, 3.8) is 0 Å². The van der Waals surface area contributed by atoms with E-state index in [4.69, 9.17) is 90.9 Å². The Hall–Kier alpha value is -7.08. The molecule has 36 heteroatoms. The number of fused-ring (bicyclic) bond motifs is 3. The van der Waals surface area contributed by atoms with Crippen LogP contribution in [0.15, 0.2) is 125 Å². The number of methoxy groups -OCH3 is 5. The summed E-state index contributed by atoms with van der Waals surface area (Å²) in [5, 5.41) is 83.8. The summed E-state index contributed by atoms with van der Waals surface area (Å²) in [6, 6.07) is 20.4. The number of imidazole rings is 3. The molecular weight excluding hydrogens is 1770 g/mol.